The Labute approximate surface area is 141 Å². The first-order valence-electron chi connectivity index (χ1n) is 7.87. The molecule has 1 aromatic carbocycles. The molecule has 0 radical (unpaired) electrons. The van der Waals surface area contributed by atoms with Gasteiger partial charge in [0.05, 0.1) is 5.88 Å². The standard InChI is InChI=1S/C17H23ClN2O3/c1-12-3-4-14(11-13(12)2)16(21)20-8-5-15(6-9-20)19-17(22)23-10-7-18/h3-4,11,15H,5-10H2,1-2H3,(H,19,22). The fraction of sp³-hybridized carbons (Fsp3) is 0.529. The van der Waals surface area contributed by atoms with Gasteiger partial charge in [-0.25, -0.2) is 4.79 Å². The number of nitrogens with one attached hydrogen (secondary N) is 1. The number of benzene rings is 1. The van der Waals surface area contributed by atoms with Gasteiger partial charge in [0, 0.05) is 24.7 Å². The summed E-state index contributed by atoms with van der Waals surface area (Å²) in [4.78, 5) is 25.9. The monoisotopic (exact) mass is 338 g/mol. The summed E-state index contributed by atoms with van der Waals surface area (Å²) in [5.41, 5.74) is 3.02. The zero-order valence-corrected chi connectivity index (χ0v) is 14.4. The smallest absolute Gasteiger partial charge is 0.407 e. The SMILES string of the molecule is Cc1ccc(C(=O)N2CCC(NC(=O)OCCCl)CC2)cc1C. The number of likely N-dealkylation sites (tertiary alicyclic amines) is 1. The summed E-state index contributed by atoms with van der Waals surface area (Å²) in [5.74, 6) is 0.340. The van der Waals surface area contributed by atoms with Crippen LogP contribution in [0, 0.1) is 13.8 Å². The molecule has 1 N–H and O–H groups in total. The van der Waals surface area contributed by atoms with Crippen LogP contribution in [0.3, 0.4) is 0 Å². The van der Waals surface area contributed by atoms with Crippen LogP contribution in [0.25, 0.3) is 0 Å². The summed E-state index contributed by atoms with van der Waals surface area (Å²) >= 11 is 5.47. The van der Waals surface area contributed by atoms with Crippen LogP contribution in [0.4, 0.5) is 4.79 Å². The Morgan fingerprint density at radius 2 is 1.96 bits per heavy atom. The number of carbonyl (C=O) groups is 2. The molecule has 0 unspecified atom stereocenters. The molecule has 2 rings (SSSR count). The van der Waals surface area contributed by atoms with Crippen LogP contribution < -0.4 is 5.32 Å². The van der Waals surface area contributed by atoms with Crippen LogP contribution in [0.2, 0.25) is 0 Å². The number of hydrogen-bond acceptors (Lipinski definition) is 3. The molecule has 0 bridgehead atoms. The number of alkyl halides is 1. The van der Waals surface area contributed by atoms with E-state index in [-0.39, 0.29) is 24.4 Å². The van der Waals surface area contributed by atoms with Crippen molar-refractivity contribution >= 4 is 23.6 Å². The van der Waals surface area contributed by atoms with E-state index in [1.165, 1.54) is 5.56 Å². The minimum absolute atomic E-state index is 0.0432. The largest absolute Gasteiger partial charge is 0.448 e. The normalized spacial score (nSPS) is 15.3. The van der Waals surface area contributed by atoms with Crippen LogP contribution in [-0.4, -0.2) is 48.5 Å². The van der Waals surface area contributed by atoms with Crippen LogP contribution in [-0.2, 0) is 4.74 Å². The molecule has 1 aliphatic rings. The third kappa shape index (κ3) is 4.86. The quantitative estimate of drug-likeness (QED) is 0.859. The molecular weight excluding hydrogens is 316 g/mol. The lowest BCUT2D eigenvalue weighted by atomic mass is 10.0. The molecule has 1 saturated heterocycles. The van der Waals surface area contributed by atoms with E-state index in [9.17, 15) is 9.59 Å². The van der Waals surface area contributed by atoms with Crippen molar-refractivity contribution < 1.29 is 14.3 Å². The Morgan fingerprint density at radius 3 is 2.57 bits per heavy atom. The number of carbonyl (C=O) groups excluding carboxylic acids is 2. The van der Waals surface area contributed by atoms with Gasteiger partial charge in [-0.05, 0) is 49.9 Å². The second-order valence-electron chi connectivity index (χ2n) is 5.83. The van der Waals surface area contributed by atoms with E-state index in [1.807, 2.05) is 36.9 Å². The van der Waals surface area contributed by atoms with Crippen molar-refractivity contribution in [2.24, 2.45) is 0 Å². The average Bonchev–Trinajstić information content (AvgIpc) is 2.55. The van der Waals surface area contributed by atoms with E-state index in [1.54, 1.807) is 0 Å². The first-order chi connectivity index (χ1) is 11.0. The number of ether oxygens (including phenoxy) is 1. The van der Waals surface area contributed by atoms with E-state index in [2.05, 4.69) is 5.32 Å². The van der Waals surface area contributed by atoms with Crippen molar-refractivity contribution in [1.29, 1.82) is 0 Å². The highest BCUT2D eigenvalue weighted by molar-refractivity contribution is 6.18. The second-order valence-corrected chi connectivity index (χ2v) is 6.21. The molecule has 6 heteroatoms. The molecule has 2 amide bonds. The minimum Gasteiger partial charge on any atom is -0.448 e. The number of nitrogens with zero attached hydrogens (tertiary/aromatic N) is 1. The number of piperidine rings is 1. The first-order valence-corrected chi connectivity index (χ1v) is 8.40. The van der Waals surface area contributed by atoms with Crippen LogP contribution in [0.15, 0.2) is 18.2 Å². The molecule has 1 fully saturated rings. The van der Waals surface area contributed by atoms with E-state index in [0.29, 0.717) is 13.1 Å². The number of alkyl carbamates (subject to hydrolysis) is 1. The maximum atomic E-state index is 12.5. The number of aryl methyl sites for hydroxylation is 2. The zero-order chi connectivity index (χ0) is 16.8. The molecule has 23 heavy (non-hydrogen) atoms. The van der Waals surface area contributed by atoms with Gasteiger partial charge in [0.25, 0.3) is 5.91 Å². The van der Waals surface area contributed by atoms with Gasteiger partial charge in [0.1, 0.15) is 6.61 Å². The van der Waals surface area contributed by atoms with Gasteiger partial charge in [0.15, 0.2) is 0 Å². The highest BCUT2D eigenvalue weighted by atomic mass is 35.5. The molecule has 1 aliphatic heterocycles. The Morgan fingerprint density at radius 1 is 1.26 bits per heavy atom. The molecule has 0 saturated carbocycles. The van der Waals surface area contributed by atoms with E-state index in [0.717, 1.165) is 24.0 Å². The van der Waals surface area contributed by atoms with Crippen LogP contribution in [0.5, 0.6) is 0 Å². The third-order valence-electron chi connectivity index (χ3n) is 4.17. The number of halogens is 1. The molecule has 0 aromatic heterocycles. The summed E-state index contributed by atoms with van der Waals surface area (Å²) in [6.45, 7) is 5.51. The van der Waals surface area contributed by atoms with E-state index in [4.69, 9.17) is 16.3 Å². The van der Waals surface area contributed by atoms with Gasteiger partial charge in [0.2, 0.25) is 0 Å². The van der Waals surface area contributed by atoms with E-state index >= 15 is 0 Å². The van der Waals surface area contributed by atoms with Crippen LogP contribution >= 0.6 is 11.6 Å². The Balaban J connectivity index is 1.85. The summed E-state index contributed by atoms with van der Waals surface area (Å²) in [5, 5.41) is 2.81. The lowest BCUT2D eigenvalue weighted by molar-refractivity contribution is 0.0702. The predicted octanol–water partition coefficient (Wildman–Crippen LogP) is 2.87. The van der Waals surface area contributed by atoms with Gasteiger partial charge < -0.3 is 15.0 Å². The maximum Gasteiger partial charge on any atom is 0.407 e. The zero-order valence-electron chi connectivity index (χ0n) is 13.6. The highest BCUT2D eigenvalue weighted by Crippen LogP contribution is 2.16. The van der Waals surface area contributed by atoms with Crippen LogP contribution in [0.1, 0.15) is 34.3 Å². The average molecular weight is 339 g/mol. The predicted molar refractivity (Wildman–Crippen MR) is 90.0 cm³/mol. The summed E-state index contributed by atoms with van der Waals surface area (Å²) in [6.07, 6.45) is 1.02. The van der Waals surface area contributed by atoms with Crippen molar-refractivity contribution in [2.75, 3.05) is 25.6 Å². The number of rotatable bonds is 4. The van der Waals surface area contributed by atoms with Gasteiger partial charge in [-0.1, -0.05) is 6.07 Å². The fourth-order valence-electron chi connectivity index (χ4n) is 2.62. The topological polar surface area (TPSA) is 58.6 Å². The summed E-state index contributed by atoms with van der Waals surface area (Å²) in [7, 11) is 0. The van der Waals surface area contributed by atoms with Gasteiger partial charge >= 0.3 is 6.09 Å². The summed E-state index contributed by atoms with van der Waals surface area (Å²) < 4.78 is 4.90. The van der Waals surface area contributed by atoms with Crippen molar-refractivity contribution in [3.63, 3.8) is 0 Å². The molecular formula is C17H23ClN2O3. The molecule has 1 aromatic rings. The third-order valence-corrected chi connectivity index (χ3v) is 4.32. The summed E-state index contributed by atoms with van der Waals surface area (Å²) in [6, 6.07) is 5.83. The van der Waals surface area contributed by atoms with E-state index < -0.39 is 6.09 Å². The molecule has 0 atom stereocenters. The number of hydrogen-bond donors (Lipinski definition) is 1. The fourth-order valence-corrected chi connectivity index (χ4v) is 2.70. The van der Waals surface area contributed by atoms with Gasteiger partial charge in [-0.2, -0.15) is 0 Å². The van der Waals surface area contributed by atoms with Crippen molar-refractivity contribution in [3.8, 4) is 0 Å². The molecule has 1 heterocycles. The van der Waals surface area contributed by atoms with Crippen molar-refractivity contribution in [2.45, 2.75) is 32.7 Å². The molecule has 126 valence electrons. The Bertz CT molecular complexity index is 569. The lowest BCUT2D eigenvalue weighted by Gasteiger charge is -2.32. The lowest BCUT2D eigenvalue weighted by Crippen LogP contribution is -2.46. The molecule has 5 nitrogen and oxygen atoms in total. The molecule has 0 spiro atoms. The second kappa shape index (κ2) is 8.20. The maximum absolute atomic E-state index is 12.5. The minimum atomic E-state index is -0.440. The Kier molecular flexibility index (Phi) is 6.28. The highest BCUT2D eigenvalue weighted by Gasteiger charge is 2.25. The first kappa shape index (κ1) is 17.6. The number of amides is 2. The molecule has 0 aliphatic carbocycles. The van der Waals surface area contributed by atoms with Gasteiger partial charge in [-0.15, -0.1) is 11.6 Å². The van der Waals surface area contributed by atoms with Crippen molar-refractivity contribution in [3.05, 3.63) is 34.9 Å². The Hall–Kier alpha value is -1.75. The van der Waals surface area contributed by atoms with Gasteiger partial charge in [-0.3, -0.25) is 4.79 Å². The van der Waals surface area contributed by atoms with Crippen molar-refractivity contribution in [1.82, 2.24) is 10.2 Å².